The van der Waals surface area contributed by atoms with E-state index in [2.05, 4.69) is 15.3 Å². The van der Waals surface area contributed by atoms with E-state index in [0.29, 0.717) is 22.8 Å². The number of fused-ring (bicyclic) bond motifs is 1. The number of benzene rings is 3. The summed E-state index contributed by atoms with van der Waals surface area (Å²) in [5.74, 6) is 0.214. The van der Waals surface area contributed by atoms with Crippen molar-refractivity contribution in [1.29, 1.82) is 0 Å². The maximum Gasteiger partial charge on any atom is 0.255 e. The molecule has 0 unspecified atom stereocenters. The summed E-state index contributed by atoms with van der Waals surface area (Å²) in [5.41, 5.74) is 4.14. The zero-order chi connectivity index (χ0) is 23.7. The first-order valence-corrected chi connectivity index (χ1v) is 12.3. The van der Waals surface area contributed by atoms with Crippen LogP contribution in [0.4, 0.5) is 11.4 Å². The van der Waals surface area contributed by atoms with Crippen molar-refractivity contribution < 1.29 is 17.9 Å². The third-order valence-electron chi connectivity index (χ3n) is 5.67. The van der Waals surface area contributed by atoms with Crippen LogP contribution < -0.4 is 9.62 Å². The summed E-state index contributed by atoms with van der Waals surface area (Å²) in [7, 11) is -3.41. The van der Waals surface area contributed by atoms with Crippen LogP contribution >= 0.6 is 0 Å². The van der Waals surface area contributed by atoms with Gasteiger partial charge in [-0.25, -0.2) is 22.7 Å². The number of ether oxygens (including phenoxy) is 1. The molecule has 1 saturated heterocycles. The number of rotatable bonds is 4. The van der Waals surface area contributed by atoms with Gasteiger partial charge in [-0.3, -0.25) is 4.79 Å². The third kappa shape index (κ3) is 4.35. The van der Waals surface area contributed by atoms with E-state index in [1.54, 1.807) is 30.5 Å². The van der Waals surface area contributed by atoms with Crippen molar-refractivity contribution in [2.75, 3.05) is 28.7 Å². The fourth-order valence-electron chi connectivity index (χ4n) is 3.76. The van der Waals surface area contributed by atoms with Crippen molar-refractivity contribution in [2.24, 2.45) is 0 Å². The summed E-state index contributed by atoms with van der Waals surface area (Å²) in [4.78, 5) is 22.0. The Balaban J connectivity index is 1.36. The normalized spacial score (nSPS) is 15.3. The smallest absolute Gasteiger partial charge is 0.255 e. The molecule has 0 saturated carbocycles. The number of carbonyl (C=O) groups excluding carboxylic acids is 1. The molecule has 0 aliphatic carbocycles. The second kappa shape index (κ2) is 8.85. The molecule has 1 amide bonds. The molecule has 172 valence electrons. The molecule has 0 spiro atoms. The molecule has 1 aromatic heterocycles. The zero-order valence-electron chi connectivity index (χ0n) is 18.4. The average molecular weight is 475 g/mol. The molecule has 1 fully saturated rings. The quantitative estimate of drug-likeness (QED) is 0.480. The molecule has 1 aliphatic rings. The Kier molecular flexibility index (Phi) is 5.72. The van der Waals surface area contributed by atoms with Crippen LogP contribution in [0.2, 0.25) is 0 Å². The van der Waals surface area contributed by atoms with Crippen LogP contribution in [0.3, 0.4) is 0 Å². The molecule has 8 nitrogen and oxygen atoms in total. The topological polar surface area (TPSA) is 101 Å². The van der Waals surface area contributed by atoms with Gasteiger partial charge in [-0.15, -0.1) is 0 Å². The Labute approximate surface area is 197 Å². The average Bonchev–Trinajstić information content (AvgIpc) is 2.85. The van der Waals surface area contributed by atoms with E-state index < -0.39 is 10.0 Å². The fourth-order valence-corrected chi connectivity index (χ4v) is 4.99. The van der Waals surface area contributed by atoms with Crippen LogP contribution in [-0.2, 0) is 14.8 Å². The van der Waals surface area contributed by atoms with Gasteiger partial charge in [0.1, 0.15) is 6.73 Å². The standard InChI is InChI=1S/C25H22N4O4S/c1-17-6-9-20(14-22(17)24-26-15-19-4-2-3-5-23(19)28-24)27-25(30)18-7-10-21(11-8-18)29-16-33-12-13-34(29,31)32/h2-11,14-15H,12-13,16H2,1H3,(H,27,30). The molecule has 1 aliphatic heterocycles. The molecule has 0 radical (unpaired) electrons. The number of anilines is 2. The summed E-state index contributed by atoms with van der Waals surface area (Å²) < 4.78 is 31.0. The number of sulfonamides is 1. The number of aromatic nitrogens is 2. The molecule has 0 atom stereocenters. The molecular formula is C25H22N4O4S. The highest BCUT2D eigenvalue weighted by molar-refractivity contribution is 7.92. The summed E-state index contributed by atoms with van der Waals surface area (Å²) in [6.07, 6.45) is 1.79. The van der Waals surface area contributed by atoms with Crippen molar-refractivity contribution in [3.05, 3.63) is 84.1 Å². The molecule has 3 aromatic carbocycles. The predicted molar refractivity (Wildman–Crippen MR) is 131 cm³/mol. The second-order valence-electron chi connectivity index (χ2n) is 7.99. The van der Waals surface area contributed by atoms with Gasteiger partial charge in [0.05, 0.1) is 23.6 Å². The van der Waals surface area contributed by atoms with Gasteiger partial charge in [0, 0.05) is 28.4 Å². The SMILES string of the molecule is Cc1ccc(NC(=O)c2ccc(N3COCCS3(=O)=O)cc2)cc1-c1ncc2ccccc2n1. The first-order valence-electron chi connectivity index (χ1n) is 10.7. The summed E-state index contributed by atoms with van der Waals surface area (Å²) >= 11 is 0. The fraction of sp³-hybridized carbons (Fsp3) is 0.160. The van der Waals surface area contributed by atoms with Gasteiger partial charge in [0.2, 0.25) is 10.0 Å². The van der Waals surface area contributed by atoms with Crippen molar-refractivity contribution >= 4 is 38.2 Å². The summed E-state index contributed by atoms with van der Waals surface area (Å²) in [5, 5.41) is 3.86. The highest BCUT2D eigenvalue weighted by Gasteiger charge is 2.26. The Morgan fingerprint density at radius 3 is 2.65 bits per heavy atom. The predicted octanol–water partition coefficient (Wildman–Crippen LogP) is 3.98. The van der Waals surface area contributed by atoms with Crippen molar-refractivity contribution in [2.45, 2.75) is 6.92 Å². The van der Waals surface area contributed by atoms with Gasteiger partial charge in [0.25, 0.3) is 5.91 Å². The van der Waals surface area contributed by atoms with Gasteiger partial charge in [0.15, 0.2) is 5.82 Å². The van der Waals surface area contributed by atoms with Crippen molar-refractivity contribution in [3.8, 4) is 11.4 Å². The summed E-state index contributed by atoms with van der Waals surface area (Å²) in [6.45, 7) is 2.12. The van der Waals surface area contributed by atoms with E-state index in [1.165, 1.54) is 4.31 Å². The lowest BCUT2D eigenvalue weighted by Gasteiger charge is -2.28. The van der Waals surface area contributed by atoms with Crippen LogP contribution in [0.1, 0.15) is 15.9 Å². The molecule has 4 aromatic rings. The van der Waals surface area contributed by atoms with Gasteiger partial charge in [-0.05, 0) is 55.0 Å². The highest BCUT2D eigenvalue weighted by Crippen LogP contribution is 2.26. The Hall–Kier alpha value is -3.82. The Bertz CT molecular complexity index is 1490. The van der Waals surface area contributed by atoms with E-state index in [-0.39, 0.29) is 25.0 Å². The second-order valence-corrected chi connectivity index (χ2v) is 10.00. The number of carbonyl (C=O) groups is 1. The number of nitrogens with zero attached hydrogens (tertiary/aromatic N) is 3. The van der Waals surface area contributed by atoms with Gasteiger partial charge in [-0.2, -0.15) is 0 Å². The van der Waals surface area contributed by atoms with Crippen LogP contribution in [0.5, 0.6) is 0 Å². The van der Waals surface area contributed by atoms with Crippen LogP contribution in [-0.4, -0.2) is 43.4 Å². The van der Waals surface area contributed by atoms with Gasteiger partial charge < -0.3 is 10.1 Å². The van der Waals surface area contributed by atoms with Gasteiger partial charge >= 0.3 is 0 Å². The van der Waals surface area contributed by atoms with E-state index in [4.69, 9.17) is 4.74 Å². The van der Waals surface area contributed by atoms with Crippen LogP contribution in [0, 0.1) is 6.92 Å². The molecule has 34 heavy (non-hydrogen) atoms. The minimum Gasteiger partial charge on any atom is -0.359 e. The van der Waals surface area contributed by atoms with Crippen LogP contribution in [0.25, 0.3) is 22.3 Å². The van der Waals surface area contributed by atoms with Gasteiger partial charge in [-0.1, -0.05) is 24.3 Å². The monoisotopic (exact) mass is 474 g/mol. The lowest BCUT2D eigenvalue weighted by atomic mass is 10.1. The number of hydrogen-bond donors (Lipinski definition) is 1. The maximum absolute atomic E-state index is 12.8. The zero-order valence-corrected chi connectivity index (χ0v) is 19.2. The van der Waals surface area contributed by atoms with Crippen LogP contribution in [0.15, 0.2) is 72.9 Å². The van der Waals surface area contributed by atoms with E-state index in [0.717, 1.165) is 22.0 Å². The minimum atomic E-state index is -3.41. The molecule has 1 N–H and O–H groups in total. The molecule has 5 rings (SSSR count). The number of para-hydroxylation sites is 1. The molecular weight excluding hydrogens is 452 g/mol. The Morgan fingerprint density at radius 1 is 1.06 bits per heavy atom. The van der Waals surface area contributed by atoms with E-state index >= 15 is 0 Å². The molecule has 0 bridgehead atoms. The van der Waals surface area contributed by atoms with E-state index in [1.807, 2.05) is 49.4 Å². The molecule has 9 heteroatoms. The van der Waals surface area contributed by atoms with Crippen molar-refractivity contribution in [3.63, 3.8) is 0 Å². The lowest BCUT2D eigenvalue weighted by Crippen LogP contribution is -2.41. The molecule has 2 heterocycles. The largest absolute Gasteiger partial charge is 0.359 e. The maximum atomic E-state index is 12.8. The number of amides is 1. The number of hydrogen-bond acceptors (Lipinski definition) is 6. The first kappa shape index (κ1) is 22.0. The van der Waals surface area contributed by atoms with Crippen molar-refractivity contribution in [1.82, 2.24) is 9.97 Å². The summed E-state index contributed by atoms with van der Waals surface area (Å²) in [6, 6.07) is 19.7. The number of aryl methyl sites for hydroxylation is 1. The lowest BCUT2D eigenvalue weighted by molar-refractivity contribution is 0.102. The third-order valence-corrected chi connectivity index (χ3v) is 7.34. The first-order chi connectivity index (χ1) is 16.4. The minimum absolute atomic E-state index is 0.0309. The number of nitrogens with one attached hydrogen (secondary N) is 1. The van der Waals surface area contributed by atoms with E-state index in [9.17, 15) is 13.2 Å². The Morgan fingerprint density at radius 2 is 1.85 bits per heavy atom. The highest BCUT2D eigenvalue weighted by atomic mass is 32.2.